The fraction of sp³-hybridized carbons (Fsp3) is 0. The molecule has 1 heterocycles. The molecule has 16 heavy (non-hydrogen) atoms. The SMILES string of the molecule is O=C(Nc1cccc(F)c1)c1ncccn1. The van der Waals surface area contributed by atoms with Crippen LogP contribution in [0.1, 0.15) is 10.6 Å². The van der Waals surface area contributed by atoms with Crippen molar-refractivity contribution in [3.05, 3.63) is 54.4 Å². The second kappa shape index (κ2) is 4.48. The fourth-order valence-electron chi connectivity index (χ4n) is 1.17. The predicted molar refractivity (Wildman–Crippen MR) is 56.4 cm³/mol. The number of anilines is 1. The first-order valence-electron chi connectivity index (χ1n) is 4.59. The van der Waals surface area contributed by atoms with E-state index in [9.17, 15) is 9.18 Å². The smallest absolute Gasteiger partial charge is 0.293 e. The van der Waals surface area contributed by atoms with Gasteiger partial charge in [-0.05, 0) is 24.3 Å². The second-order valence-corrected chi connectivity index (χ2v) is 3.04. The monoisotopic (exact) mass is 217 g/mol. The van der Waals surface area contributed by atoms with Gasteiger partial charge in [0.15, 0.2) is 0 Å². The van der Waals surface area contributed by atoms with E-state index >= 15 is 0 Å². The summed E-state index contributed by atoms with van der Waals surface area (Å²) in [5, 5.41) is 2.50. The summed E-state index contributed by atoms with van der Waals surface area (Å²) in [5.74, 6) is -0.829. The van der Waals surface area contributed by atoms with Gasteiger partial charge < -0.3 is 5.32 Å². The first kappa shape index (κ1) is 10.2. The van der Waals surface area contributed by atoms with Crippen LogP contribution in [0, 0.1) is 5.82 Å². The molecule has 0 bridgehead atoms. The number of halogens is 1. The van der Waals surface area contributed by atoms with Gasteiger partial charge in [-0.3, -0.25) is 4.79 Å². The average Bonchev–Trinajstić information content (AvgIpc) is 2.30. The van der Waals surface area contributed by atoms with Crippen molar-refractivity contribution in [2.45, 2.75) is 0 Å². The summed E-state index contributed by atoms with van der Waals surface area (Å²) in [4.78, 5) is 19.1. The standard InChI is InChI=1S/C11H8FN3O/c12-8-3-1-4-9(7-8)15-11(16)10-13-5-2-6-14-10/h1-7H,(H,15,16). The van der Waals surface area contributed by atoms with Crippen LogP contribution in [0.4, 0.5) is 10.1 Å². The van der Waals surface area contributed by atoms with E-state index in [4.69, 9.17) is 0 Å². The topological polar surface area (TPSA) is 54.9 Å². The number of rotatable bonds is 2. The Hall–Kier alpha value is -2.30. The van der Waals surface area contributed by atoms with Crippen molar-refractivity contribution in [2.75, 3.05) is 5.32 Å². The van der Waals surface area contributed by atoms with E-state index in [1.807, 2.05) is 0 Å². The molecular weight excluding hydrogens is 209 g/mol. The number of hydrogen-bond donors (Lipinski definition) is 1. The Balaban J connectivity index is 2.14. The van der Waals surface area contributed by atoms with Crippen molar-refractivity contribution in [3.63, 3.8) is 0 Å². The zero-order valence-electron chi connectivity index (χ0n) is 8.22. The molecule has 0 atom stereocenters. The van der Waals surface area contributed by atoms with Crippen LogP contribution in [0.15, 0.2) is 42.7 Å². The highest BCUT2D eigenvalue weighted by molar-refractivity contribution is 6.01. The van der Waals surface area contributed by atoms with Crippen molar-refractivity contribution in [3.8, 4) is 0 Å². The normalized spacial score (nSPS) is 9.81. The lowest BCUT2D eigenvalue weighted by molar-refractivity contribution is 0.101. The second-order valence-electron chi connectivity index (χ2n) is 3.04. The highest BCUT2D eigenvalue weighted by Crippen LogP contribution is 2.09. The molecule has 0 unspecified atom stereocenters. The molecule has 0 fully saturated rings. The van der Waals surface area contributed by atoms with Crippen molar-refractivity contribution >= 4 is 11.6 Å². The van der Waals surface area contributed by atoms with E-state index in [1.165, 1.54) is 30.6 Å². The number of nitrogens with zero attached hydrogens (tertiary/aromatic N) is 2. The van der Waals surface area contributed by atoms with Crippen LogP contribution in [0.25, 0.3) is 0 Å². The molecule has 1 amide bonds. The lowest BCUT2D eigenvalue weighted by Gasteiger charge is -2.03. The van der Waals surface area contributed by atoms with Crippen LogP contribution in [0.5, 0.6) is 0 Å². The Morgan fingerprint density at radius 1 is 1.19 bits per heavy atom. The van der Waals surface area contributed by atoms with Gasteiger partial charge in [0.25, 0.3) is 5.91 Å². The third kappa shape index (κ3) is 2.38. The van der Waals surface area contributed by atoms with Gasteiger partial charge in [-0.2, -0.15) is 0 Å². The molecule has 0 saturated heterocycles. The van der Waals surface area contributed by atoms with Crippen LogP contribution in [0.2, 0.25) is 0 Å². The van der Waals surface area contributed by atoms with Crippen LogP contribution in [-0.4, -0.2) is 15.9 Å². The van der Waals surface area contributed by atoms with E-state index in [2.05, 4.69) is 15.3 Å². The summed E-state index contributed by atoms with van der Waals surface area (Å²) in [5.41, 5.74) is 0.373. The molecule has 80 valence electrons. The molecule has 4 nitrogen and oxygen atoms in total. The van der Waals surface area contributed by atoms with Crippen molar-refractivity contribution in [1.82, 2.24) is 9.97 Å². The highest BCUT2D eigenvalue weighted by Gasteiger charge is 2.08. The lowest BCUT2D eigenvalue weighted by atomic mass is 10.3. The molecule has 0 radical (unpaired) electrons. The van der Waals surface area contributed by atoms with Gasteiger partial charge in [0.1, 0.15) is 5.82 Å². The van der Waals surface area contributed by atoms with Gasteiger partial charge in [-0.1, -0.05) is 6.07 Å². The molecule has 0 aliphatic heterocycles. The Morgan fingerprint density at radius 3 is 2.62 bits per heavy atom. The Morgan fingerprint density at radius 2 is 1.94 bits per heavy atom. The highest BCUT2D eigenvalue weighted by atomic mass is 19.1. The van der Waals surface area contributed by atoms with Crippen LogP contribution >= 0.6 is 0 Å². The van der Waals surface area contributed by atoms with Crippen LogP contribution in [0.3, 0.4) is 0 Å². The summed E-state index contributed by atoms with van der Waals surface area (Å²) in [6, 6.07) is 7.23. The third-order valence-electron chi connectivity index (χ3n) is 1.85. The maximum Gasteiger partial charge on any atom is 0.293 e. The number of hydrogen-bond acceptors (Lipinski definition) is 3. The van der Waals surface area contributed by atoms with Gasteiger partial charge in [0, 0.05) is 18.1 Å². The van der Waals surface area contributed by atoms with Crippen molar-refractivity contribution in [2.24, 2.45) is 0 Å². The maximum atomic E-state index is 12.8. The van der Waals surface area contributed by atoms with Gasteiger partial charge >= 0.3 is 0 Å². The zero-order chi connectivity index (χ0) is 11.4. The van der Waals surface area contributed by atoms with Gasteiger partial charge in [-0.15, -0.1) is 0 Å². The molecule has 1 aromatic carbocycles. The molecule has 5 heteroatoms. The lowest BCUT2D eigenvalue weighted by Crippen LogP contribution is -2.15. The Kier molecular flexibility index (Phi) is 2.86. The summed E-state index contributed by atoms with van der Waals surface area (Å²) in [6.45, 7) is 0. The summed E-state index contributed by atoms with van der Waals surface area (Å²) in [6.07, 6.45) is 2.93. The van der Waals surface area contributed by atoms with Gasteiger partial charge in [0.05, 0.1) is 0 Å². The molecule has 2 aromatic rings. The molecular formula is C11H8FN3O. The maximum absolute atomic E-state index is 12.8. The van der Waals surface area contributed by atoms with Crippen LogP contribution in [-0.2, 0) is 0 Å². The number of aromatic nitrogens is 2. The van der Waals surface area contributed by atoms with Gasteiger partial charge in [-0.25, -0.2) is 14.4 Å². The quantitative estimate of drug-likeness (QED) is 0.835. The number of carbonyl (C=O) groups is 1. The number of carbonyl (C=O) groups excluding carboxylic acids is 1. The van der Waals surface area contributed by atoms with E-state index in [0.29, 0.717) is 5.69 Å². The largest absolute Gasteiger partial charge is 0.319 e. The van der Waals surface area contributed by atoms with E-state index in [1.54, 1.807) is 12.1 Å². The molecule has 1 N–H and O–H groups in total. The Labute approximate surface area is 91.2 Å². The Bertz CT molecular complexity index is 502. The van der Waals surface area contributed by atoms with Crippen LogP contribution < -0.4 is 5.32 Å². The minimum absolute atomic E-state index is 0.0479. The first-order chi connectivity index (χ1) is 7.75. The summed E-state index contributed by atoms with van der Waals surface area (Å²) in [7, 11) is 0. The number of nitrogens with one attached hydrogen (secondary N) is 1. The molecule has 0 spiro atoms. The van der Waals surface area contributed by atoms with E-state index in [-0.39, 0.29) is 5.82 Å². The fourth-order valence-corrected chi connectivity index (χ4v) is 1.17. The molecule has 2 rings (SSSR count). The summed E-state index contributed by atoms with van der Waals surface area (Å²) >= 11 is 0. The molecule has 0 aliphatic rings. The molecule has 0 saturated carbocycles. The minimum Gasteiger partial charge on any atom is -0.319 e. The number of benzene rings is 1. The van der Waals surface area contributed by atoms with Gasteiger partial charge in [0.2, 0.25) is 5.82 Å². The number of amides is 1. The predicted octanol–water partition coefficient (Wildman–Crippen LogP) is 1.87. The van der Waals surface area contributed by atoms with E-state index in [0.717, 1.165) is 0 Å². The van der Waals surface area contributed by atoms with Crippen molar-refractivity contribution < 1.29 is 9.18 Å². The molecule has 0 aliphatic carbocycles. The summed E-state index contributed by atoms with van der Waals surface area (Å²) < 4.78 is 12.8. The third-order valence-corrected chi connectivity index (χ3v) is 1.85. The minimum atomic E-state index is -0.466. The first-order valence-corrected chi connectivity index (χ1v) is 4.59. The molecule has 1 aromatic heterocycles. The zero-order valence-corrected chi connectivity index (χ0v) is 8.22. The average molecular weight is 217 g/mol. The van der Waals surface area contributed by atoms with E-state index < -0.39 is 11.7 Å². The van der Waals surface area contributed by atoms with Crippen molar-refractivity contribution in [1.29, 1.82) is 0 Å².